The minimum absolute atomic E-state index is 0.107. The molecule has 0 aliphatic rings. The molecule has 0 unspecified atom stereocenters. The van der Waals surface area contributed by atoms with Crippen LogP contribution in [-0.2, 0) is 0 Å². The molecule has 0 spiro atoms. The van der Waals surface area contributed by atoms with Gasteiger partial charge in [0.05, 0.1) is 23.7 Å². The summed E-state index contributed by atoms with van der Waals surface area (Å²) < 4.78 is 4.94. The molecule has 1 aromatic carbocycles. The average Bonchev–Trinajstić information content (AvgIpc) is 2.39. The molecule has 0 fully saturated rings. The first-order chi connectivity index (χ1) is 9.01. The Morgan fingerprint density at radius 2 is 2.00 bits per heavy atom. The number of amides is 1. The standard InChI is InChI=1S/C10H12N2O4.C2H7N/c1-3-11-10(13)8-5-4-7(12(14)15)6-9(8)16-2;1-3-2/h4-6H,3H2,1-2H3,(H,11,13);3H,1-2H3. The summed E-state index contributed by atoms with van der Waals surface area (Å²) in [6.07, 6.45) is 0. The first-order valence-corrected chi connectivity index (χ1v) is 5.70. The highest BCUT2D eigenvalue weighted by Gasteiger charge is 2.15. The second-order valence-corrected chi connectivity index (χ2v) is 3.50. The van der Waals surface area contributed by atoms with Crippen molar-refractivity contribution in [3.05, 3.63) is 33.9 Å². The van der Waals surface area contributed by atoms with Crippen LogP contribution in [-0.4, -0.2) is 38.6 Å². The molecule has 0 aromatic heterocycles. The zero-order valence-electron chi connectivity index (χ0n) is 11.5. The minimum atomic E-state index is -0.538. The monoisotopic (exact) mass is 269 g/mol. The first kappa shape index (κ1) is 16.9. The highest BCUT2D eigenvalue weighted by atomic mass is 16.6. The lowest BCUT2D eigenvalue weighted by Gasteiger charge is -2.07. The first-order valence-electron chi connectivity index (χ1n) is 5.70. The summed E-state index contributed by atoms with van der Waals surface area (Å²) in [5, 5.41) is 15.9. The Bertz CT molecular complexity index is 435. The SMILES string of the molecule is CCNC(=O)c1ccc([N+](=O)[O-])cc1OC.CNC. The van der Waals surface area contributed by atoms with Crippen LogP contribution in [0.15, 0.2) is 18.2 Å². The number of non-ortho nitro benzene ring substituents is 1. The topological polar surface area (TPSA) is 93.5 Å². The number of nitro groups is 1. The summed E-state index contributed by atoms with van der Waals surface area (Å²) in [7, 11) is 5.11. The number of hydrogen-bond donors (Lipinski definition) is 2. The Morgan fingerprint density at radius 3 is 2.42 bits per heavy atom. The van der Waals surface area contributed by atoms with Gasteiger partial charge in [-0.3, -0.25) is 14.9 Å². The van der Waals surface area contributed by atoms with Crippen LogP contribution in [0.1, 0.15) is 17.3 Å². The van der Waals surface area contributed by atoms with Crippen LogP contribution in [0.5, 0.6) is 5.75 Å². The van der Waals surface area contributed by atoms with Gasteiger partial charge in [-0.05, 0) is 27.1 Å². The van der Waals surface area contributed by atoms with E-state index in [1.165, 1.54) is 25.3 Å². The molecule has 0 aliphatic carbocycles. The van der Waals surface area contributed by atoms with Gasteiger partial charge in [0.25, 0.3) is 11.6 Å². The maximum Gasteiger partial charge on any atom is 0.273 e. The molecule has 0 heterocycles. The van der Waals surface area contributed by atoms with Gasteiger partial charge in [-0.2, -0.15) is 0 Å². The lowest BCUT2D eigenvalue weighted by Crippen LogP contribution is -2.23. The van der Waals surface area contributed by atoms with Crippen molar-refractivity contribution < 1.29 is 14.5 Å². The van der Waals surface area contributed by atoms with Crippen molar-refractivity contribution in [1.82, 2.24) is 10.6 Å². The Hall–Kier alpha value is -2.15. The van der Waals surface area contributed by atoms with Crippen molar-refractivity contribution in [2.45, 2.75) is 6.92 Å². The molecule has 0 radical (unpaired) electrons. The largest absolute Gasteiger partial charge is 0.496 e. The Labute approximate surface area is 112 Å². The van der Waals surface area contributed by atoms with Gasteiger partial charge >= 0.3 is 0 Å². The molecule has 1 rings (SSSR count). The zero-order valence-corrected chi connectivity index (χ0v) is 11.5. The number of carbonyl (C=O) groups excluding carboxylic acids is 1. The molecule has 0 atom stereocenters. The van der Waals surface area contributed by atoms with E-state index in [1.807, 2.05) is 14.1 Å². The summed E-state index contributed by atoms with van der Waals surface area (Å²) in [5.41, 5.74) is 0.180. The maximum atomic E-state index is 11.5. The van der Waals surface area contributed by atoms with E-state index in [9.17, 15) is 14.9 Å². The fraction of sp³-hybridized carbons (Fsp3) is 0.417. The highest BCUT2D eigenvalue weighted by Crippen LogP contribution is 2.24. The fourth-order valence-electron chi connectivity index (χ4n) is 1.24. The van der Waals surface area contributed by atoms with Crippen LogP contribution >= 0.6 is 0 Å². The molecule has 7 nitrogen and oxygen atoms in total. The molecule has 0 bridgehead atoms. The van der Waals surface area contributed by atoms with Crippen LogP contribution in [0.3, 0.4) is 0 Å². The van der Waals surface area contributed by atoms with Crippen molar-refractivity contribution in [1.29, 1.82) is 0 Å². The predicted molar refractivity (Wildman–Crippen MR) is 72.6 cm³/mol. The molecule has 1 aromatic rings. The minimum Gasteiger partial charge on any atom is -0.496 e. The molecule has 106 valence electrons. The van der Waals surface area contributed by atoms with Crippen molar-refractivity contribution >= 4 is 11.6 Å². The summed E-state index contributed by atoms with van der Waals surface area (Å²) in [5.74, 6) is -0.116. The van der Waals surface area contributed by atoms with E-state index in [0.29, 0.717) is 6.54 Å². The number of nitrogens with zero attached hydrogens (tertiary/aromatic N) is 1. The van der Waals surface area contributed by atoms with Gasteiger partial charge in [0.2, 0.25) is 0 Å². The van der Waals surface area contributed by atoms with Crippen molar-refractivity contribution in [3.63, 3.8) is 0 Å². The molecule has 0 saturated carbocycles. The van der Waals surface area contributed by atoms with Crippen LogP contribution in [0.25, 0.3) is 0 Å². The zero-order chi connectivity index (χ0) is 14.8. The third-order valence-electron chi connectivity index (χ3n) is 1.98. The number of nitro benzene ring substituents is 1. The van der Waals surface area contributed by atoms with Gasteiger partial charge in [-0.1, -0.05) is 0 Å². The number of nitrogens with one attached hydrogen (secondary N) is 2. The Morgan fingerprint density at radius 1 is 1.42 bits per heavy atom. The number of carbonyl (C=O) groups is 1. The molecule has 2 N–H and O–H groups in total. The molecule has 7 heteroatoms. The Balaban J connectivity index is 0.000000982. The smallest absolute Gasteiger partial charge is 0.273 e. The van der Waals surface area contributed by atoms with Gasteiger partial charge < -0.3 is 15.4 Å². The maximum absolute atomic E-state index is 11.5. The summed E-state index contributed by atoms with van der Waals surface area (Å²) in [4.78, 5) is 21.5. The van der Waals surface area contributed by atoms with Crippen molar-refractivity contribution in [2.24, 2.45) is 0 Å². The van der Waals surface area contributed by atoms with E-state index in [2.05, 4.69) is 10.6 Å². The second-order valence-electron chi connectivity index (χ2n) is 3.50. The number of ether oxygens (including phenoxy) is 1. The third-order valence-corrected chi connectivity index (χ3v) is 1.98. The number of hydrogen-bond acceptors (Lipinski definition) is 5. The van der Waals surface area contributed by atoms with E-state index in [0.717, 1.165) is 0 Å². The van der Waals surface area contributed by atoms with E-state index >= 15 is 0 Å². The van der Waals surface area contributed by atoms with Crippen LogP contribution < -0.4 is 15.4 Å². The van der Waals surface area contributed by atoms with Gasteiger partial charge in [-0.25, -0.2) is 0 Å². The normalized spacial score (nSPS) is 9.05. The van der Waals surface area contributed by atoms with E-state index < -0.39 is 4.92 Å². The van der Waals surface area contributed by atoms with E-state index in [-0.39, 0.29) is 22.9 Å². The van der Waals surface area contributed by atoms with Gasteiger partial charge in [0.1, 0.15) is 5.75 Å². The third kappa shape index (κ3) is 5.35. The number of rotatable bonds is 4. The van der Waals surface area contributed by atoms with E-state index in [4.69, 9.17) is 4.74 Å². The molecule has 1 amide bonds. The van der Waals surface area contributed by atoms with Gasteiger partial charge in [0, 0.05) is 12.6 Å². The molecule has 19 heavy (non-hydrogen) atoms. The summed E-state index contributed by atoms with van der Waals surface area (Å²) in [6, 6.07) is 3.87. The predicted octanol–water partition coefficient (Wildman–Crippen LogP) is 1.19. The van der Waals surface area contributed by atoms with Crippen LogP contribution in [0, 0.1) is 10.1 Å². The molecule has 0 saturated heterocycles. The molecular weight excluding hydrogens is 250 g/mol. The fourth-order valence-corrected chi connectivity index (χ4v) is 1.24. The molecule has 0 aliphatic heterocycles. The Kier molecular flexibility index (Phi) is 7.87. The number of methoxy groups -OCH3 is 1. The van der Waals surface area contributed by atoms with E-state index in [1.54, 1.807) is 6.92 Å². The summed E-state index contributed by atoms with van der Waals surface area (Å²) >= 11 is 0. The summed E-state index contributed by atoms with van der Waals surface area (Å²) in [6.45, 7) is 2.27. The lowest BCUT2D eigenvalue weighted by molar-refractivity contribution is -0.384. The van der Waals surface area contributed by atoms with Crippen molar-refractivity contribution in [3.8, 4) is 5.75 Å². The lowest BCUT2D eigenvalue weighted by atomic mass is 10.1. The van der Waals surface area contributed by atoms with Crippen LogP contribution in [0.4, 0.5) is 5.69 Å². The number of benzene rings is 1. The second kappa shape index (κ2) is 8.87. The highest BCUT2D eigenvalue weighted by molar-refractivity contribution is 5.97. The van der Waals surface area contributed by atoms with Gasteiger partial charge in [-0.15, -0.1) is 0 Å². The van der Waals surface area contributed by atoms with Gasteiger partial charge in [0.15, 0.2) is 0 Å². The molecular formula is C12H19N3O4. The quantitative estimate of drug-likeness (QED) is 0.632. The van der Waals surface area contributed by atoms with Crippen molar-refractivity contribution in [2.75, 3.05) is 27.7 Å². The van der Waals surface area contributed by atoms with Crippen LogP contribution in [0.2, 0.25) is 0 Å². The average molecular weight is 269 g/mol.